The zero-order chi connectivity index (χ0) is 18.5. The van der Waals surface area contributed by atoms with E-state index in [1.54, 1.807) is 23.7 Å². The highest BCUT2D eigenvalue weighted by Gasteiger charge is 2.21. The van der Waals surface area contributed by atoms with E-state index in [1.807, 2.05) is 68.4 Å². The van der Waals surface area contributed by atoms with E-state index < -0.39 is 0 Å². The highest BCUT2D eigenvalue weighted by molar-refractivity contribution is 8.00. The molecule has 0 aliphatic heterocycles. The van der Waals surface area contributed by atoms with Crippen LogP contribution in [0.2, 0.25) is 0 Å². The fraction of sp³-hybridized carbons (Fsp3) is 0.250. The van der Waals surface area contributed by atoms with Crippen molar-refractivity contribution >= 4 is 17.7 Å². The number of rotatable bonds is 6. The summed E-state index contributed by atoms with van der Waals surface area (Å²) in [6.07, 6.45) is 0. The van der Waals surface area contributed by atoms with Crippen molar-refractivity contribution in [2.45, 2.75) is 30.5 Å². The van der Waals surface area contributed by atoms with Gasteiger partial charge in [-0.15, -0.1) is 22.0 Å². The van der Waals surface area contributed by atoms with Crippen molar-refractivity contribution in [2.75, 3.05) is 7.05 Å². The van der Waals surface area contributed by atoms with Crippen LogP contribution >= 0.6 is 11.8 Å². The average molecular weight is 367 g/mol. The van der Waals surface area contributed by atoms with Gasteiger partial charge in [-0.1, -0.05) is 35.9 Å². The summed E-state index contributed by atoms with van der Waals surface area (Å²) in [6, 6.07) is 17.7. The SMILES string of the molecule is Cc1ccc(S[C@@H](C)C(=O)N(C)Cc2nnc(-c3ccccc3)o2)cc1. The van der Waals surface area contributed by atoms with Crippen LogP contribution in [0, 0.1) is 6.92 Å². The molecule has 1 heterocycles. The fourth-order valence-electron chi connectivity index (χ4n) is 2.48. The van der Waals surface area contributed by atoms with Crippen LogP contribution in [0.1, 0.15) is 18.4 Å². The molecule has 26 heavy (non-hydrogen) atoms. The lowest BCUT2D eigenvalue weighted by Gasteiger charge is -2.19. The zero-order valence-electron chi connectivity index (χ0n) is 15.0. The van der Waals surface area contributed by atoms with Crippen molar-refractivity contribution in [3.63, 3.8) is 0 Å². The molecule has 0 spiro atoms. The van der Waals surface area contributed by atoms with Gasteiger partial charge in [0, 0.05) is 17.5 Å². The number of hydrogen-bond acceptors (Lipinski definition) is 5. The van der Waals surface area contributed by atoms with Crippen molar-refractivity contribution in [1.82, 2.24) is 15.1 Å². The van der Waals surface area contributed by atoms with E-state index in [4.69, 9.17) is 4.42 Å². The van der Waals surface area contributed by atoms with Gasteiger partial charge in [-0.05, 0) is 38.1 Å². The van der Waals surface area contributed by atoms with E-state index >= 15 is 0 Å². The minimum atomic E-state index is -0.195. The number of thioether (sulfide) groups is 1. The fourth-order valence-corrected chi connectivity index (χ4v) is 3.46. The molecule has 1 aromatic heterocycles. The maximum Gasteiger partial charge on any atom is 0.247 e. The molecule has 1 amide bonds. The lowest BCUT2D eigenvalue weighted by atomic mass is 10.2. The van der Waals surface area contributed by atoms with Gasteiger partial charge in [-0.3, -0.25) is 4.79 Å². The van der Waals surface area contributed by atoms with Gasteiger partial charge in [0.25, 0.3) is 0 Å². The molecular weight excluding hydrogens is 346 g/mol. The highest BCUT2D eigenvalue weighted by atomic mass is 32.2. The van der Waals surface area contributed by atoms with E-state index in [0.29, 0.717) is 11.8 Å². The van der Waals surface area contributed by atoms with Gasteiger partial charge in [-0.2, -0.15) is 0 Å². The number of amides is 1. The molecule has 0 N–H and O–H groups in total. The third-order valence-electron chi connectivity index (χ3n) is 3.92. The normalized spacial score (nSPS) is 12.0. The Morgan fingerprint density at radius 3 is 2.50 bits per heavy atom. The Balaban J connectivity index is 1.60. The number of aromatic nitrogens is 2. The highest BCUT2D eigenvalue weighted by Crippen LogP contribution is 2.25. The molecule has 0 radical (unpaired) electrons. The van der Waals surface area contributed by atoms with Crippen LogP contribution in [0.3, 0.4) is 0 Å². The second kappa shape index (κ2) is 8.19. The van der Waals surface area contributed by atoms with Crippen LogP contribution in [0.15, 0.2) is 63.9 Å². The van der Waals surface area contributed by atoms with Crippen molar-refractivity contribution in [1.29, 1.82) is 0 Å². The molecule has 0 unspecified atom stereocenters. The first-order chi connectivity index (χ1) is 12.5. The van der Waals surface area contributed by atoms with Crippen LogP contribution in [0.25, 0.3) is 11.5 Å². The number of benzene rings is 2. The Morgan fingerprint density at radius 1 is 1.12 bits per heavy atom. The van der Waals surface area contributed by atoms with Gasteiger partial charge >= 0.3 is 0 Å². The molecule has 3 aromatic rings. The molecule has 5 nitrogen and oxygen atoms in total. The third-order valence-corrected chi connectivity index (χ3v) is 5.02. The third kappa shape index (κ3) is 4.52. The minimum Gasteiger partial charge on any atom is -0.419 e. The Bertz CT molecular complexity index is 862. The first-order valence-corrected chi connectivity index (χ1v) is 9.27. The number of nitrogens with zero attached hydrogens (tertiary/aromatic N) is 3. The molecule has 0 saturated carbocycles. The summed E-state index contributed by atoms with van der Waals surface area (Å²) in [4.78, 5) is 15.3. The topological polar surface area (TPSA) is 59.2 Å². The van der Waals surface area contributed by atoms with Gasteiger partial charge in [0.1, 0.15) is 0 Å². The van der Waals surface area contributed by atoms with Gasteiger partial charge in [0.05, 0.1) is 11.8 Å². The van der Waals surface area contributed by atoms with Gasteiger partial charge in [0.2, 0.25) is 17.7 Å². The number of aryl methyl sites for hydroxylation is 1. The predicted octanol–water partition coefficient (Wildman–Crippen LogP) is 4.18. The lowest BCUT2D eigenvalue weighted by Crippen LogP contribution is -2.32. The number of carbonyl (C=O) groups is 1. The maximum atomic E-state index is 12.6. The van der Waals surface area contributed by atoms with Crippen LogP contribution in [-0.4, -0.2) is 33.3 Å². The van der Waals surface area contributed by atoms with E-state index in [2.05, 4.69) is 10.2 Å². The van der Waals surface area contributed by atoms with Crippen LogP contribution < -0.4 is 0 Å². The van der Waals surface area contributed by atoms with Crippen molar-refractivity contribution in [3.8, 4) is 11.5 Å². The molecule has 2 aromatic carbocycles. The van der Waals surface area contributed by atoms with Gasteiger partial charge < -0.3 is 9.32 Å². The Labute approximate surface area is 157 Å². The van der Waals surface area contributed by atoms with E-state index in [1.165, 1.54) is 5.56 Å². The van der Waals surface area contributed by atoms with Crippen molar-refractivity contribution in [2.24, 2.45) is 0 Å². The standard InChI is InChI=1S/C20H21N3O2S/c1-14-9-11-17(12-10-14)26-15(2)20(24)23(3)13-18-21-22-19(25-18)16-7-5-4-6-8-16/h4-12,15H,13H2,1-3H3/t15-/m0/s1. The molecule has 0 saturated heterocycles. The Hall–Kier alpha value is -2.60. The summed E-state index contributed by atoms with van der Waals surface area (Å²) in [6.45, 7) is 4.24. The number of carbonyl (C=O) groups excluding carboxylic acids is 1. The van der Waals surface area contributed by atoms with E-state index in [0.717, 1.165) is 10.5 Å². The van der Waals surface area contributed by atoms with Crippen LogP contribution in [0.4, 0.5) is 0 Å². The summed E-state index contributed by atoms with van der Waals surface area (Å²) in [7, 11) is 1.75. The quantitative estimate of drug-likeness (QED) is 0.612. The molecule has 6 heteroatoms. The predicted molar refractivity (Wildman–Crippen MR) is 103 cm³/mol. The van der Waals surface area contributed by atoms with Gasteiger partial charge in [-0.25, -0.2) is 0 Å². The lowest BCUT2D eigenvalue weighted by molar-refractivity contribution is -0.129. The van der Waals surface area contributed by atoms with Crippen LogP contribution in [0.5, 0.6) is 0 Å². The summed E-state index contributed by atoms with van der Waals surface area (Å²) in [5, 5.41) is 7.92. The largest absolute Gasteiger partial charge is 0.419 e. The molecular formula is C20H21N3O2S. The molecule has 1 atom stereocenters. The first kappa shape index (κ1) is 18.2. The van der Waals surface area contributed by atoms with E-state index in [9.17, 15) is 4.79 Å². The molecule has 0 aliphatic rings. The zero-order valence-corrected chi connectivity index (χ0v) is 15.9. The Morgan fingerprint density at radius 2 is 1.81 bits per heavy atom. The van der Waals surface area contributed by atoms with Crippen LogP contribution in [-0.2, 0) is 11.3 Å². The summed E-state index contributed by atoms with van der Waals surface area (Å²) in [5.41, 5.74) is 2.07. The minimum absolute atomic E-state index is 0.0232. The summed E-state index contributed by atoms with van der Waals surface area (Å²) < 4.78 is 5.68. The molecule has 134 valence electrons. The second-order valence-corrected chi connectivity index (χ2v) is 7.55. The van der Waals surface area contributed by atoms with Crippen molar-refractivity contribution < 1.29 is 9.21 Å². The average Bonchev–Trinajstić information content (AvgIpc) is 3.12. The number of hydrogen-bond donors (Lipinski definition) is 0. The molecule has 0 fully saturated rings. The second-order valence-electron chi connectivity index (χ2n) is 6.13. The Kier molecular flexibility index (Phi) is 5.73. The molecule has 0 aliphatic carbocycles. The summed E-state index contributed by atoms with van der Waals surface area (Å²) >= 11 is 1.54. The maximum absolute atomic E-state index is 12.6. The first-order valence-electron chi connectivity index (χ1n) is 8.39. The molecule has 0 bridgehead atoms. The monoisotopic (exact) mass is 367 g/mol. The van der Waals surface area contributed by atoms with Crippen molar-refractivity contribution in [3.05, 3.63) is 66.1 Å². The smallest absolute Gasteiger partial charge is 0.247 e. The van der Waals surface area contributed by atoms with E-state index in [-0.39, 0.29) is 17.7 Å². The molecule has 3 rings (SSSR count). The van der Waals surface area contributed by atoms with Gasteiger partial charge in [0.15, 0.2) is 0 Å². The summed E-state index contributed by atoms with van der Waals surface area (Å²) in [5.74, 6) is 0.908.